The van der Waals surface area contributed by atoms with E-state index in [1.54, 1.807) is 14.0 Å². The van der Waals surface area contributed by atoms with Gasteiger partial charge in [-0.1, -0.05) is 12.2 Å². The predicted molar refractivity (Wildman–Crippen MR) is 78.6 cm³/mol. The summed E-state index contributed by atoms with van der Waals surface area (Å²) in [6, 6.07) is 2.74. The van der Waals surface area contributed by atoms with Crippen LogP contribution in [0.4, 0.5) is 0 Å². The van der Waals surface area contributed by atoms with Crippen molar-refractivity contribution in [2.45, 2.75) is 11.8 Å². The summed E-state index contributed by atoms with van der Waals surface area (Å²) in [5.41, 5.74) is 5.71. The van der Waals surface area contributed by atoms with Crippen molar-refractivity contribution in [3.05, 3.63) is 24.0 Å². The Hall–Kier alpha value is -1.58. The summed E-state index contributed by atoms with van der Waals surface area (Å²) >= 11 is 4.73. The van der Waals surface area contributed by atoms with E-state index in [1.807, 2.05) is 0 Å². The first kappa shape index (κ1) is 16.5. The van der Waals surface area contributed by atoms with Crippen molar-refractivity contribution in [1.29, 1.82) is 0 Å². The van der Waals surface area contributed by atoms with Crippen LogP contribution in [0.25, 0.3) is 0 Å². The highest BCUT2D eigenvalue weighted by Gasteiger charge is 2.17. The average molecular weight is 316 g/mol. The van der Waals surface area contributed by atoms with E-state index in [0.717, 1.165) is 6.20 Å². The van der Waals surface area contributed by atoms with Gasteiger partial charge >= 0.3 is 0 Å². The number of amides is 1. The molecule has 0 radical (unpaired) electrons. The SMILES string of the molecule is CCN(C)C(=O)CNS(=O)(=O)c1ccc(C(N)=S)nc1. The topological polar surface area (TPSA) is 105 Å². The van der Waals surface area contributed by atoms with Gasteiger partial charge in [0.05, 0.1) is 12.2 Å². The normalized spacial score (nSPS) is 11.1. The summed E-state index contributed by atoms with van der Waals surface area (Å²) in [7, 11) is -2.19. The summed E-state index contributed by atoms with van der Waals surface area (Å²) in [4.78, 5) is 16.8. The van der Waals surface area contributed by atoms with Gasteiger partial charge in [-0.15, -0.1) is 0 Å². The minimum absolute atomic E-state index is 0.0514. The molecule has 0 aliphatic heterocycles. The Balaban J connectivity index is 2.79. The number of thiocarbonyl (C=S) groups is 1. The summed E-state index contributed by atoms with van der Waals surface area (Å²) in [6.07, 6.45) is 1.14. The van der Waals surface area contributed by atoms with E-state index < -0.39 is 10.0 Å². The third-order valence-electron chi connectivity index (χ3n) is 2.61. The molecular weight excluding hydrogens is 300 g/mol. The van der Waals surface area contributed by atoms with Gasteiger partial charge in [0.15, 0.2) is 0 Å². The van der Waals surface area contributed by atoms with Crippen molar-refractivity contribution >= 4 is 33.1 Å². The molecule has 0 bridgehead atoms. The molecule has 7 nitrogen and oxygen atoms in total. The molecule has 1 heterocycles. The van der Waals surface area contributed by atoms with Gasteiger partial charge in [0.25, 0.3) is 0 Å². The molecule has 3 N–H and O–H groups in total. The molecule has 1 rings (SSSR count). The molecule has 0 spiro atoms. The molecule has 0 atom stereocenters. The van der Waals surface area contributed by atoms with Crippen molar-refractivity contribution in [2.75, 3.05) is 20.1 Å². The first-order valence-corrected chi connectivity index (χ1v) is 7.66. The second-order valence-corrected chi connectivity index (χ2v) is 6.18. The number of pyridine rings is 1. The van der Waals surface area contributed by atoms with Crippen molar-refractivity contribution in [3.63, 3.8) is 0 Å². The van der Waals surface area contributed by atoms with Crippen LogP contribution in [0.1, 0.15) is 12.6 Å². The second-order valence-electron chi connectivity index (χ2n) is 3.98. The average Bonchev–Trinajstić information content (AvgIpc) is 2.44. The highest BCUT2D eigenvalue weighted by atomic mass is 32.2. The number of nitrogens with one attached hydrogen (secondary N) is 1. The van der Waals surface area contributed by atoms with Crippen LogP contribution in [0, 0.1) is 0 Å². The van der Waals surface area contributed by atoms with Gasteiger partial charge in [-0.3, -0.25) is 9.78 Å². The van der Waals surface area contributed by atoms with E-state index in [0.29, 0.717) is 12.2 Å². The minimum atomic E-state index is -3.78. The molecular formula is C11H16N4O3S2. The molecule has 1 amide bonds. The lowest BCUT2D eigenvalue weighted by atomic mass is 10.3. The van der Waals surface area contributed by atoms with Gasteiger partial charge < -0.3 is 10.6 Å². The lowest BCUT2D eigenvalue weighted by Gasteiger charge is -2.14. The van der Waals surface area contributed by atoms with E-state index >= 15 is 0 Å². The zero-order valence-electron chi connectivity index (χ0n) is 11.2. The number of likely N-dealkylation sites (N-methyl/N-ethyl adjacent to an activating group) is 1. The number of carbonyl (C=O) groups is 1. The molecule has 0 aromatic carbocycles. The Morgan fingerprint density at radius 1 is 1.50 bits per heavy atom. The number of nitrogens with zero attached hydrogens (tertiary/aromatic N) is 2. The molecule has 0 fully saturated rings. The number of sulfonamides is 1. The smallest absolute Gasteiger partial charge is 0.242 e. The van der Waals surface area contributed by atoms with Gasteiger partial charge in [0, 0.05) is 19.8 Å². The Bertz CT molecular complexity index is 599. The van der Waals surface area contributed by atoms with Gasteiger partial charge in [0.2, 0.25) is 15.9 Å². The number of hydrogen-bond donors (Lipinski definition) is 2. The molecule has 9 heteroatoms. The molecule has 1 aromatic rings. The molecule has 20 heavy (non-hydrogen) atoms. The highest BCUT2D eigenvalue weighted by molar-refractivity contribution is 7.89. The molecule has 1 aromatic heterocycles. The third kappa shape index (κ3) is 4.22. The van der Waals surface area contributed by atoms with Crippen LogP contribution in [0.5, 0.6) is 0 Å². The number of hydrogen-bond acceptors (Lipinski definition) is 5. The summed E-state index contributed by atoms with van der Waals surface area (Å²) in [5, 5.41) is 0. The molecule has 0 saturated heterocycles. The maximum atomic E-state index is 11.9. The fraction of sp³-hybridized carbons (Fsp3) is 0.364. The fourth-order valence-corrected chi connectivity index (χ4v) is 2.28. The molecule has 0 saturated carbocycles. The monoisotopic (exact) mass is 316 g/mol. The van der Waals surface area contributed by atoms with E-state index in [2.05, 4.69) is 9.71 Å². The first-order chi connectivity index (χ1) is 9.27. The van der Waals surface area contributed by atoms with Crippen LogP contribution in [-0.4, -0.2) is 49.3 Å². The largest absolute Gasteiger partial charge is 0.388 e. The van der Waals surface area contributed by atoms with Crippen LogP contribution in [-0.2, 0) is 14.8 Å². The van der Waals surface area contributed by atoms with Crippen LogP contribution in [0.2, 0.25) is 0 Å². The number of rotatable bonds is 6. The summed E-state index contributed by atoms with van der Waals surface area (Å²) < 4.78 is 26.1. The van der Waals surface area contributed by atoms with Gasteiger partial charge in [-0.05, 0) is 19.1 Å². The van der Waals surface area contributed by atoms with Crippen molar-refractivity contribution in [1.82, 2.24) is 14.6 Å². The predicted octanol–water partition coefficient (Wildman–Crippen LogP) is -0.528. The van der Waals surface area contributed by atoms with Crippen LogP contribution < -0.4 is 10.5 Å². The summed E-state index contributed by atoms with van der Waals surface area (Å²) in [6.45, 7) is 2.00. The number of aromatic nitrogens is 1. The third-order valence-corrected chi connectivity index (χ3v) is 4.21. The number of nitrogens with two attached hydrogens (primary N) is 1. The van der Waals surface area contributed by atoms with Crippen LogP contribution >= 0.6 is 12.2 Å². The lowest BCUT2D eigenvalue weighted by Crippen LogP contribution is -2.38. The molecule has 110 valence electrons. The van der Waals surface area contributed by atoms with Gasteiger partial charge in [0.1, 0.15) is 9.88 Å². The maximum absolute atomic E-state index is 11.9. The highest BCUT2D eigenvalue weighted by Crippen LogP contribution is 2.07. The zero-order valence-corrected chi connectivity index (χ0v) is 12.8. The van der Waals surface area contributed by atoms with E-state index in [1.165, 1.54) is 17.0 Å². The van der Waals surface area contributed by atoms with Crippen LogP contribution in [0.3, 0.4) is 0 Å². The standard InChI is InChI=1S/C11H16N4O3S2/c1-3-15(2)10(16)7-14-20(17,18)8-4-5-9(11(12)19)13-6-8/h4-6,14H,3,7H2,1-2H3,(H2,12,19). The summed E-state index contributed by atoms with van der Waals surface area (Å²) in [5.74, 6) is -0.316. The Morgan fingerprint density at radius 3 is 2.60 bits per heavy atom. The minimum Gasteiger partial charge on any atom is -0.388 e. The Kier molecular flexibility index (Phi) is 5.54. The molecule has 0 aliphatic rings. The van der Waals surface area contributed by atoms with E-state index in [-0.39, 0.29) is 22.3 Å². The van der Waals surface area contributed by atoms with Crippen LogP contribution in [0.15, 0.2) is 23.2 Å². The second kappa shape index (κ2) is 6.73. The Labute approximate surface area is 123 Å². The lowest BCUT2D eigenvalue weighted by molar-refractivity contribution is -0.128. The van der Waals surface area contributed by atoms with Gasteiger partial charge in [-0.25, -0.2) is 13.1 Å². The van der Waals surface area contributed by atoms with Crippen molar-refractivity contribution in [3.8, 4) is 0 Å². The zero-order chi connectivity index (χ0) is 15.3. The fourth-order valence-electron chi connectivity index (χ4n) is 1.24. The van der Waals surface area contributed by atoms with Crippen molar-refractivity contribution in [2.24, 2.45) is 5.73 Å². The first-order valence-electron chi connectivity index (χ1n) is 5.77. The van der Waals surface area contributed by atoms with Crippen molar-refractivity contribution < 1.29 is 13.2 Å². The van der Waals surface area contributed by atoms with E-state index in [4.69, 9.17) is 18.0 Å². The van der Waals surface area contributed by atoms with E-state index in [9.17, 15) is 13.2 Å². The molecule has 0 aliphatic carbocycles. The molecule has 0 unspecified atom stereocenters. The quantitative estimate of drug-likeness (QED) is 0.684. The number of carbonyl (C=O) groups excluding carboxylic acids is 1. The van der Waals surface area contributed by atoms with Gasteiger partial charge in [-0.2, -0.15) is 0 Å². The Morgan fingerprint density at radius 2 is 2.15 bits per heavy atom. The maximum Gasteiger partial charge on any atom is 0.242 e.